The summed E-state index contributed by atoms with van der Waals surface area (Å²) >= 11 is 0. The molecule has 0 N–H and O–H groups in total. The van der Waals surface area contributed by atoms with Crippen molar-refractivity contribution in [3.05, 3.63) is 148 Å². The second-order valence-electron chi connectivity index (χ2n) is 12.6. The van der Waals surface area contributed by atoms with Crippen molar-refractivity contribution in [3.63, 3.8) is 0 Å². The van der Waals surface area contributed by atoms with Crippen LogP contribution in [0.25, 0.3) is 11.1 Å². The second kappa shape index (κ2) is 13.8. The fourth-order valence-electron chi connectivity index (χ4n) is 6.46. The van der Waals surface area contributed by atoms with Crippen molar-refractivity contribution in [1.29, 1.82) is 0 Å². The predicted molar refractivity (Wildman–Crippen MR) is 171 cm³/mol. The average Bonchev–Trinajstić information content (AvgIpc) is 3.10. The zero-order valence-corrected chi connectivity index (χ0v) is 27.4. The van der Waals surface area contributed by atoms with Crippen molar-refractivity contribution >= 4 is 25.7 Å². The van der Waals surface area contributed by atoms with Crippen molar-refractivity contribution in [2.45, 2.75) is 31.0 Å². The van der Waals surface area contributed by atoms with Gasteiger partial charge in [0, 0.05) is 10.9 Å². The van der Waals surface area contributed by atoms with Crippen LogP contribution in [-0.4, -0.2) is 21.9 Å². The summed E-state index contributed by atoms with van der Waals surface area (Å²) in [5.74, 6) is -25.8. The fraction of sp³-hybridized carbons (Fsp3) is 0.167. The lowest BCUT2D eigenvalue weighted by Gasteiger charge is -2.40. The van der Waals surface area contributed by atoms with E-state index in [0.717, 1.165) is 0 Å². The Kier molecular flexibility index (Phi) is 10.1. The second-order valence-corrected chi connectivity index (χ2v) is 17.9. The number of halogens is 10. The van der Waals surface area contributed by atoms with Crippen LogP contribution in [0, 0.1) is 58.2 Å². The van der Waals surface area contributed by atoms with Gasteiger partial charge in [-0.1, -0.05) is 91.9 Å². The summed E-state index contributed by atoms with van der Waals surface area (Å²) in [5.41, 5.74) is -2.63. The molecule has 0 bridgehead atoms. The van der Waals surface area contributed by atoms with Crippen molar-refractivity contribution in [2.24, 2.45) is 0 Å². The first-order valence-electron chi connectivity index (χ1n) is 14.9. The minimum absolute atomic E-state index is 0.0754. The number of rotatable bonds is 9. The van der Waals surface area contributed by atoms with E-state index in [0.29, 0.717) is 22.4 Å². The number of methoxy groups -OCH3 is 1. The van der Waals surface area contributed by atoms with E-state index in [2.05, 4.69) is 0 Å². The third-order valence-corrected chi connectivity index (χ3v) is 11.2. The van der Waals surface area contributed by atoms with Gasteiger partial charge >= 0.3 is 0 Å². The molecular weight excluding hydrogens is 677 g/mol. The van der Waals surface area contributed by atoms with E-state index >= 15 is 17.6 Å². The molecule has 5 aromatic carbocycles. The summed E-state index contributed by atoms with van der Waals surface area (Å²) in [6, 6.07) is 20.9. The van der Waals surface area contributed by atoms with E-state index in [-0.39, 0.29) is 5.56 Å². The minimum atomic E-state index is -2.86. The van der Waals surface area contributed by atoms with E-state index in [1.54, 1.807) is 86.4 Å². The van der Waals surface area contributed by atoms with Crippen molar-refractivity contribution < 1.29 is 48.6 Å². The van der Waals surface area contributed by atoms with Crippen LogP contribution in [0.5, 0.6) is 5.75 Å². The molecule has 13 heteroatoms. The van der Waals surface area contributed by atoms with Gasteiger partial charge in [0.2, 0.25) is 6.71 Å². The third kappa shape index (κ3) is 6.48. The molecule has 5 rings (SSSR count). The van der Waals surface area contributed by atoms with E-state index in [9.17, 15) is 26.3 Å². The molecule has 0 fully saturated rings. The lowest BCUT2D eigenvalue weighted by Crippen LogP contribution is -2.58. The fourth-order valence-corrected chi connectivity index (χ4v) is 9.11. The molecule has 0 spiro atoms. The van der Waals surface area contributed by atoms with Crippen LogP contribution in [0.3, 0.4) is 0 Å². The smallest absolute Gasteiger partial charge is 0.233 e. The maximum absolute atomic E-state index is 15.8. The summed E-state index contributed by atoms with van der Waals surface area (Å²) in [5, 5.41) is 0. The van der Waals surface area contributed by atoms with E-state index in [1.807, 2.05) is 0 Å². The van der Waals surface area contributed by atoms with Gasteiger partial charge in [-0.25, -0.2) is 43.9 Å². The number of benzene rings is 5. The van der Waals surface area contributed by atoms with Gasteiger partial charge in [-0.3, -0.25) is 0 Å². The third-order valence-electron chi connectivity index (χ3n) is 8.64. The zero-order valence-electron chi connectivity index (χ0n) is 26.4. The average molecular weight is 704 g/mol. The molecule has 49 heavy (non-hydrogen) atoms. The quantitative estimate of drug-likeness (QED) is 0.0644. The minimum Gasteiger partial charge on any atom is -0.497 e. The van der Waals surface area contributed by atoms with Gasteiger partial charge in [0.1, 0.15) is 5.75 Å². The molecule has 5 aromatic rings. The number of hydrogen-bond donors (Lipinski definition) is 0. The molecule has 0 aliphatic carbocycles. The molecule has 0 heterocycles. The molecule has 0 saturated heterocycles. The first-order chi connectivity index (χ1) is 23.1. The van der Waals surface area contributed by atoms with Gasteiger partial charge in [0.05, 0.1) is 15.2 Å². The highest BCUT2D eigenvalue weighted by Crippen LogP contribution is 2.43. The molecule has 0 saturated carbocycles. The highest BCUT2D eigenvalue weighted by Gasteiger charge is 2.49. The standard InChI is InChI=1S/C36H27BF10OSi/c1-48-22-16-14-19(15-17-22)18-10-12-20(13-11-18)23(36(49(2,3)4)21-8-6-5-7-9-21)37(24-26(38)30(42)34(46)31(43)27(24)39)25-28(40)32(44)35(47)33(45)29(25)41/h5-17,23,36H,1-4H3. The Balaban J connectivity index is 1.93. The van der Waals surface area contributed by atoms with Gasteiger partial charge in [0.15, 0.2) is 58.2 Å². The lowest BCUT2D eigenvalue weighted by molar-refractivity contribution is 0.381. The molecule has 0 aromatic heterocycles. The van der Waals surface area contributed by atoms with Crippen LogP contribution in [0.2, 0.25) is 19.6 Å². The first kappa shape index (κ1) is 35.8. The summed E-state index contributed by atoms with van der Waals surface area (Å²) < 4.78 is 157. The molecule has 2 unspecified atom stereocenters. The monoisotopic (exact) mass is 704 g/mol. The predicted octanol–water partition coefficient (Wildman–Crippen LogP) is 9.35. The van der Waals surface area contributed by atoms with Gasteiger partial charge in [-0.15, -0.1) is 0 Å². The molecule has 0 amide bonds. The van der Waals surface area contributed by atoms with E-state index in [4.69, 9.17) is 4.74 Å². The van der Waals surface area contributed by atoms with Crippen LogP contribution in [0.1, 0.15) is 22.5 Å². The molecule has 2 atom stereocenters. The zero-order chi connectivity index (χ0) is 35.9. The Morgan fingerprint density at radius 1 is 0.469 bits per heavy atom. The molecule has 0 aliphatic rings. The molecule has 1 nitrogen and oxygen atoms in total. The van der Waals surface area contributed by atoms with Gasteiger partial charge in [0.25, 0.3) is 0 Å². The topological polar surface area (TPSA) is 9.23 Å². The first-order valence-corrected chi connectivity index (χ1v) is 18.5. The van der Waals surface area contributed by atoms with Crippen LogP contribution in [-0.2, 0) is 0 Å². The summed E-state index contributed by atoms with van der Waals surface area (Å²) in [4.78, 5) is 0. The van der Waals surface area contributed by atoms with Gasteiger partial charge < -0.3 is 4.74 Å². The Morgan fingerprint density at radius 3 is 1.20 bits per heavy atom. The van der Waals surface area contributed by atoms with Gasteiger partial charge in [-0.2, -0.15) is 0 Å². The van der Waals surface area contributed by atoms with Crippen LogP contribution >= 0.6 is 0 Å². The molecule has 254 valence electrons. The normalized spacial score (nSPS) is 12.9. The van der Waals surface area contributed by atoms with E-state index < -0.39 is 95.2 Å². The Labute approximate surface area is 277 Å². The maximum Gasteiger partial charge on any atom is 0.233 e. The van der Waals surface area contributed by atoms with Crippen LogP contribution in [0.15, 0.2) is 78.9 Å². The molecule has 0 aliphatic heterocycles. The maximum atomic E-state index is 15.8. The highest BCUT2D eigenvalue weighted by molar-refractivity contribution is 6.89. The van der Waals surface area contributed by atoms with Crippen molar-refractivity contribution in [2.75, 3.05) is 7.11 Å². The number of ether oxygens (including phenoxy) is 1. The summed E-state index contributed by atoms with van der Waals surface area (Å²) in [6.07, 6.45) is 0. The van der Waals surface area contributed by atoms with Gasteiger partial charge in [-0.05, 0) is 40.2 Å². The van der Waals surface area contributed by atoms with E-state index in [1.165, 1.54) is 19.2 Å². The van der Waals surface area contributed by atoms with Crippen molar-refractivity contribution in [1.82, 2.24) is 0 Å². The lowest BCUT2D eigenvalue weighted by atomic mass is 9.31. The Bertz CT molecular complexity index is 1870. The summed E-state index contributed by atoms with van der Waals surface area (Å²) in [7, 11) is -1.38. The highest BCUT2D eigenvalue weighted by atomic mass is 28.3. The summed E-state index contributed by atoms with van der Waals surface area (Å²) in [6.45, 7) is 2.75. The molecule has 0 radical (unpaired) electrons. The van der Waals surface area contributed by atoms with Crippen LogP contribution in [0.4, 0.5) is 43.9 Å². The molecular formula is C36H27BF10OSi. The SMILES string of the molecule is COc1ccc(-c2ccc(C(B(c3c(F)c(F)c(F)c(F)c3F)c3c(F)c(F)c(F)c(F)c3F)C(c3ccccc3)[Si](C)(C)C)cc2)cc1. The Morgan fingerprint density at radius 2 is 0.837 bits per heavy atom. The Hall–Kier alpha value is -4.52. The van der Waals surface area contributed by atoms with Crippen LogP contribution < -0.4 is 15.7 Å². The largest absolute Gasteiger partial charge is 0.497 e. The number of hydrogen-bond acceptors (Lipinski definition) is 1. The van der Waals surface area contributed by atoms with Crippen molar-refractivity contribution in [3.8, 4) is 16.9 Å².